The zero-order valence-corrected chi connectivity index (χ0v) is 16.6. The highest BCUT2D eigenvalue weighted by Crippen LogP contribution is 2.24. The molecule has 2 saturated heterocycles. The van der Waals surface area contributed by atoms with E-state index in [1.165, 1.54) is 6.42 Å². The normalized spacial score (nSPS) is 20.9. The Morgan fingerprint density at radius 2 is 2.00 bits per heavy atom. The fraction of sp³-hybridized carbons (Fsp3) is 0.478. The first-order chi connectivity index (χ1) is 13.7. The minimum Gasteiger partial charge on any atom is -0.379 e. The van der Waals surface area contributed by atoms with Crippen LogP contribution in [0.5, 0.6) is 0 Å². The maximum absolute atomic E-state index is 13.4. The standard InChI is InChI=1S/C23H29N3O2/c1-18-8-9-22(24-16-18)19-5-4-6-20(15-19)23(27)26-10-3-2-7-21(26)17-25-11-13-28-14-12-25/h4-6,8-9,15-16,21H,2-3,7,10-14,17H2,1H3/t21-/m0/s1. The highest BCUT2D eigenvalue weighted by atomic mass is 16.5. The molecule has 0 N–H and O–H groups in total. The van der Waals surface area contributed by atoms with Crippen molar-refractivity contribution in [1.82, 2.24) is 14.8 Å². The Hall–Kier alpha value is -2.24. The molecule has 2 aliphatic heterocycles. The lowest BCUT2D eigenvalue weighted by Crippen LogP contribution is -2.51. The smallest absolute Gasteiger partial charge is 0.254 e. The van der Waals surface area contributed by atoms with Gasteiger partial charge in [-0.2, -0.15) is 0 Å². The molecule has 2 aliphatic rings. The summed E-state index contributed by atoms with van der Waals surface area (Å²) >= 11 is 0. The van der Waals surface area contributed by atoms with Crippen LogP contribution in [0.2, 0.25) is 0 Å². The van der Waals surface area contributed by atoms with Crippen molar-refractivity contribution in [2.45, 2.75) is 32.2 Å². The molecule has 2 aromatic rings. The molecule has 0 radical (unpaired) electrons. The number of nitrogens with zero attached hydrogens (tertiary/aromatic N) is 3. The molecule has 0 bridgehead atoms. The average Bonchev–Trinajstić information content (AvgIpc) is 2.75. The number of hydrogen-bond acceptors (Lipinski definition) is 4. The summed E-state index contributed by atoms with van der Waals surface area (Å²) in [7, 11) is 0. The van der Waals surface area contributed by atoms with Crippen molar-refractivity contribution in [3.8, 4) is 11.3 Å². The number of likely N-dealkylation sites (tertiary alicyclic amines) is 1. The van der Waals surface area contributed by atoms with E-state index in [1.807, 2.05) is 43.5 Å². The van der Waals surface area contributed by atoms with Crippen molar-refractivity contribution in [2.24, 2.45) is 0 Å². The summed E-state index contributed by atoms with van der Waals surface area (Å²) in [5, 5.41) is 0. The van der Waals surface area contributed by atoms with Gasteiger partial charge in [-0.15, -0.1) is 0 Å². The molecular weight excluding hydrogens is 350 g/mol. The van der Waals surface area contributed by atoms with Gasteiger partial charge in [0.05, 0.1) is 18.9 Å². The molecule has 4 rings (SSSR count). The number of amides is 1. The number of carbonyl (C=O) groups is 1. The quantitative estimate of drug-likeness (QED) is 0.817. The van der Waals surface area contributed by atoms with Crippen LogP contribution in [0, 0.1) is 6.92 Å². The molecule has 28 heavy (non-hydrogen) atoms. The van der Waals surface area contributed by atoms with E-state index in [2.05, 4.69) is 20.9 Å². The molecule has 1 amide bonds. The number of aryl methyl sites for hydroxylation is 1. The Labute approximate surface area is 167 Å². The number of hydrogen-bond donors (Lipinski definition) is 0. The van der Waals surface area contributed by atoms with Crippen LogP contribution < -0.4 is 0 Å². The first kappa shape index (κ1) is 19.1. The number of morpholine rings is 1. The fourth-order valence-corrected chi connectivity index (χ4v) is 4.16. The summed E-state index contributed by atoms with van der Waals surface area (Å²) in [5.74, 6) is 0.145. The Morgan fingerprint density at radius 1 is 1.14 bits per heavy atom. The Bertz CT molecular complexity index is 800. The van der Waals surface area contributed by atoms with E-state index in [4.69, 9.17) is 4.74 Å². The van der Waals surface area contributed by atoms with E-state index in [9.17, 15) is 4.79 Å². The van der Waals surface area contributed by atoms with Gasteiger partial charge in [0.15, 0.2) is 0 Å². The highest BCUT2D eigenvalue weighted by molar-refractivity contribution is 5.95. The molecular formula is C23H29N3O2. The molecule has 3 heterocycles. The first-order valence-electron chi connectivity index (χ1n) is 10.3. The zero-order chi connectivity index (χ0) is 19.3. The number of piperidine rings is 1. The third-order valence-electron chi connectivity index (χ3n) is 5.78. The van der Waals surface area contributed by atoms with Gasteiger partial charge in [-0.1, -0.05) is 18.2 Å². The number of pyridine rings is 1. The second-order valence-corrected chi connectivity index (χ2v) is 7.86. The third kappa shape index (κ3) is 4.42. The van der Waals surface area contributed by atoms with Crippen molar-refractivity contribution < 1.29 is 9.53 Å². The molecule has 2 fully saturated rings. The molecule has 0 saturated carbocycles. The van der Waals surface area contributed by atoms with Gasteiger partial charge in [0.25, 0.3) is 5.91 Å². The van der Waals surface area contributed by atoms with Crippen molar-refractivity contribution in [2.75, 3.05) is 39.4 Å². The highest BCUT2D eigenvalue weighted by Gasteiger charge is 2.29. The van der Waals surface area contributed by atoms with Crippen molar-refractivity contribution in [3.63, 3.8) is 0 Å². The summed E-state index contributed by atoms with van der Waals surface area (Å²) < 4.78 is 5.47. The predicted molar refractivity (Wildman–Crippen MR) is 110 cm³/mol. The summed E-state index contributed by atoms with van der Waals surface area (Å²) in [4.78, 5) is 22.4. The molecule has 1 aromatic heterocycles. The van der Waals surface area contributed by atoms with E-state index in [-0.39, 0.29) is 5.91 Å². The van der Waals surface area contributed by atoms with Gasteiger partial charge in [-0.3, -0.25) is 14.7 Å². The van der Waals surface area contributed by atoms with Crippen LogP contribution in [0.3, 0.4) is 0 Å². The molecule has 5 heteroatoms. The lowest BCUT2D eigenvalue weighted by Gasteiger charge is -2.39. The minimum absolute atomic E-state index is 0.145. The molecule has 5 nitrogen and oxygen atoms in total. The molecule has 0 aliphatic carbocycles. The van der Waals surface area contributed by atoms with Gasteiger partial charge >= 0.3 is 0 Å². The van der Waals surface area contributed by atoms with Gasteiger partial charge in [0, 0.05) is 49.5 Å². The molecule has 1 aromatic carbocycles. The summed E-state index contributed by atoms with van der Waals surface area (Å²) in [6.45, 7) is 7.36. The largest absolute Gasteiger partial charge is 0.379 e. The van der Waals surface area contributed by atoms with E-state index < -0.39 is 0 Å². The van der Waals surface area contributed by atoms with Crippen LogP contribution in [0.25, 0.3) is 11.3 Å². The second kappa shape index (κ2) is 8.84. The number of aromatic nitrogens is 1. The Balaban J connectivity index is 1.51. The van der Waals surface area contributed by atoms with Crippen LogP contribution in [0.15, 0.2) is 42.6 Å². The maximum Gasteiger partial charge on any atom is 0.254 e. The summed E-state index contributed by atoms with van der Waals surface area (Å²) in [6.07, 6.45) is 5.24. The van der Waals surface area contributed by atoms with E-state index in [0.29, 0.717) is 6.04 Å². The van der Waals surface area contributed by atoms with E-state index in [0.717, 1.165) is 74.6 Å². The zero-order valence-electron chi connectivity index (χ0n) is 16.6. The fourth-order valence-electron chi connectivity index (χ4n) is 4.16. The number of benzene rings is 1. The monoisotopic (exact) mass is 379 g/mol. The summed E-state index contributed by atoms with van der Waals surface area (Å²) in [6, 6.07) is 12.3. The lowest BCUT2D eigenvalue weighted by atomic mass is 9.99. The Kier molecular flexibility index (Phi) is 6.03. The predicted octanol–water partition coefficient (Wildman–Crippen LogP) is 3.38. The van der Waals surface area contributed by atoms with Gasteiger partial charge in [-0.25, -0.2) is 0 Å². The topological polar surface area (TPSA) is 45.7 Å². The van der Waals surface area contributed by atoms with Gasteiger partial charge in [0.2, 0.25) is 0 Å². The van der Waals surface area contributed by atoms with Crippen LogP contribution in [0.1, 0.15) is 35.2 Å². The van der Waals surface area contributed by atoms with E-state index >= 15 is 0 Å². The molecule has 0 spiro atoms. The van der Waals surface area contributed by atoms with Crippen LogP contribution in [-0.4, -0.2) is 66.1 Å². The van der Waals surface area contributed by atoms with Crippen LogP contribution >= 0.6 is 0 Å². The average molecular weight is 380 g/mol. The number of ether oxygens (including phenoxy) is 1. The maximum atomic E-state index is 13.4. The molecule has 148 valence electrons. The van der Waals surface area contributed by atoms with Crippen molar-refractivity contribution in [3.05, 3.63) is 53.7 Å². The van der Waals surface area contributed by atoms with Crippen molar-refractivity contribution in [1.29, 1.82) is 0 Å². The minimum atomic E-state index is 0.145. The van der Waals surface area contributed by atoms with Gasteiger partial charge < -0.3 is 9.64 Å². The van der Waals surface area contributed by atoms with Crippen molar-refractivity contribution >= 4 is 5.91 Å². The molecule has 0 unspecified atom stereocenters. The third-order valence-corrected chi connectivity index (χ3v) is 5.78. The van der Waals surface area contributed by atoms with Crippen LogP contribution in [-0.2, 0) is 4.74 Å². The first-order valence-corrected chi connectivity index (χ1v) is 10.3. The van der Waals surface area contributed by atoms with Gasteiger partial charge in [0.1, 0.15) is 0 Å². The number of rotatable bonds is 4. The second-order valence-electron chi connectivity index (χ2n) is 7.86. The van der Waals surface area contributed by atoms with Crippen LogP contribution in [0.4, 0.5) is 0 Å². The lowest BCUT2D eigenvalue weighted by molar-refractivity contribution is 0.0166. The summed E-state index contributed by atoms with van der Waals surface area (Å²) in [5.41, 5.74) is 3.79. The SMILES string of the molecule is Cc1ccc(-c2cccc(C(=O)N3CCCC[C@H]3CN3CCOCC3)c2)nc1. The molecule has 1 atom stereocenters. The van der Waals surface area contributed by atoms with E-state index in [1.54, 1.807) is 0 Å². The number of carbonyl (C=O) groups excluding carboxylic acids is 1. The Morgan fingerprint density at radius 3 is 2.79 bits per heavy atom. The van der Waals surface area contributed by atoms with Gasteiger partial charge in [-0.05, 0) is 49.9 Å².